The molecule has 0 radical (unpaired) electrons. The lowest BCUT2D eigenvalue weighted by Crippen LogP contribution is -2.36. The fraction of sp³-hybridized carbons (Fsp3) is 0.0769. The summed E-state index contributed by atoms with van der Waals surface area (Å²) in [5, 5.41) is 2.82. The van der Waals surface area contributed by atoms with E-state index in [2.05, 4.69) is 15.3 Å². The molecule has 0 atom stereocenters. The summed E-state index contributed by atoms with van der Waals surface area (Å²) < 4.78 is 0. The third kappa shape index (κ3) is 2.08. The van der Waals surface area contributed by atoms with Crippen molar-refractivity contribution in [2.75, 3.05) is 16.8 Å². The number of benzene rings is 1. The summed E-state index contributed by atoms with van der Waals surface area (Å²) in [6.45, 7) is 0.144. The number of nitrogens with one attached hydrogen (secondary N) is 1. The summed E-state index contributed by atoms with van der Waals surface area (Å²) in [7, 11) is 0. The molecule has 7 heteroatoms. The van der Waals surface area contributed by atoms with E-state index in [0.717, 1.165) is 11.4 Å². The highest BCUT2D eigenvalue weighted by Crippen LogP contribution is 2.34. The first-order chi connectivity index (χ1) is 9.66. The van der Waals surface area contributed by atoms with Gasteiger partial charge in [0.15, 0.2) is 5.82 Å². The van der Waals surface area contributed by atoms with E-state index >= 15 is 0 Å². The van der Waals surface area contributed by atoms with Gasteiger partial charge in [-0.15, -0.1) is 0 Å². The lowest BCUT2D eigenvalue weighted by atomic mass is 10.2. The highest BCUT2D eigenvalue weighted by Gasteiger charge is 2.26. The van der Waals surface area contributed by atoms with Crippen LogP contribution in [0.15, 0.2) is 36.7 Å². The number of thiocarbonyl (C=S) groups is 1. The van der Waals surface area contributed by atoms with Crippen molar-refractivity contribution in [2.24, 2.45) is 5.73 Å². The largest absolute Gasteiger partial charge is 0.388 e. The molecule has 1 aliphatic rings. The number of hydrogen-bond donors (Lipinski definition) is 2. The average Bonchev–Trinajstić information content (AvgIpc) is 2.46. The molecular weight excluding hydrogens is 274 g/mol. The van der Waals surface area contributed by atoms with Crippen LogP contribution in [0.3, 0.4) is 0 Å². The molecule has 0 saturated heterocycles. The second kappa shape index (κ2) is 4.86. The topological polar surface area (TPSA) is 84.1 Å². The normalized spacial score (nSPS) is 13.6. The monoisotopic (exact) mass is 285 g/mol. The zero-order valence-corrected chi connectivity index (χ0v) is 11.2. The van der Waals surface area contributed by atoms with Crippen molar-refractivity contribution in [1.29, 1.82) is 0 Å². The van der Waals surface area contributed by atoms with Crippen LogP contribution in [0.5, 0.6) is 0 Å². The van der Waals surface area contributed by atoms with Gasteiger partial charge in [0.2, 0.25) is 5.91 Å². The Morgan fingerprint density at radius 1 is 1.30 bits per heavy atom. The van der Waals surface area contributed by atoms with E-state index in [4.69, 9.17) is 18.0 Å². The fourth-order valence-corrected chi connectivity index (χ4v) is 2.27. The Hall–Kier alpha value is -2.54. The Morgan fingerprint density at radius 2 is 2.05 bits per heavy atom. The van der Waals surface area contributed by atoms with Crippen LogP contribution in [0.4, 0.5) is 17.2 Å². The van der Waals surface area contributed by atoms with Crippen LogP contribution < -0.4 is 16.0 Å². The van der Waals surface area contributed by atoms with Crippen molar-refractivity contribution in [3.63, 3.8) is 0 Å². The maximum Gasteiger partial charge on any atom is 0.244 e. The first-order valence-corrected chi connectivity index (χ1v) is 6.35. The van der Waals surface area contributed by atoms with Crippen molar-refractivity contribution in [2.45, 2.75) is 0 Å². The molecule has 0 unspecified atom stereocenters. The second-order valence-corrected chi connectivity index (χ2v) is 4.68. The van der Waals surface area contributed by atoms with Crippen LogP contribution in [0, 0.1) is 0 Å². The first kappa shape index (κ1) is 12.5. The van der Waals surface area contributed by atoms with E-state index in [1.54, 1.807) is 11.1 Å². The van der Waals surface area contributed by atoms with Gasteiger partial charge in [-0.25, -0.2) is 9.97 Å². The van der Waals surface area contributed by atoms with Gasteiger partial charge in [0, 0.05) is 12.4 Å². The third-order valence-electron chi connectivity index (χ3n) is 2.94. The van der Waals surface area contributed by atoms with Gasteiger partial charge in [-0.2, -0.15) is 0 Å². The Morgan fingerprint density at radius 3 is 2.85 bits per heavy atom. The van der Waals surface area contributed by atoms with Gasteiger partial charge in [0.25, 0.3) is 0 Å². The molecule has 3 rings (SSSR count). The number of aromatic nitrogens is 2. The van der Waals surface area contributed by atoms with Crippen molar-refractivity contribution >= 4 is 40.3 Å². The number of para-hydroxylation sites is 2. The Bertz CT molecular complexity index is 703. The van der Waals surface area contributed by atoms with Crippen LogP contribution in [0.25, 0.3) is 0 Å². The maximum absolute atomic E-state index is 11.8. The minimum absolute atomic E-state index is 0.122. The van der Waals surface area contributed by atoms with Gasteiger partial charge in [-0.1, -0.05) is 24.4 Å². The third-order valence-corrected chi connectivity index (χ3v) is 3.13. The molecule has 6 nitrogen and oxygen atoms in total. The number of amides is 1. The Labute approximate surface area is 120 Å². The molecule has 20 heavy (non-hydrogen) atoms. The smallest absolute Gasteiger partial charge is 0.244 e. The highest BCUT2D eigenvalue weighted by atomic mass is 32.1. The van der Waals surface area contributed by atoms with E-state index in [-0.39, 0.29) is 17.4 Å². The molecule has 1 aliphatic heterocycles. The molecule has 2 aromatic rings. The van der Waals surface area contributed by atoms with Gasteiger partial charge < -0.3 is 16.0 Å². The number of carbonyl (C=O) groups is 1. The Kier molecular flexibility index (Phi) is 3.03. The summed E-state index contributed by atoms with van der Waals surface area (Å²) >= 11 is 5.00. The maximum atomic E-state index is 11.8. The van der Waals surface area contributed by atoms with Crippen LogP contribution in [0.2, 0.25) is 0 Å². The van der Waals surface area contributed by atoms with Gasteiger partial charge >= 0.3 is 0 Å². The van der Waals surface area contributed by atoms with E-state index in [0.29, 0.717) is 11.5 Å². The van der Waals surface area contributed by atoms with E-state index in [1.807, 2.05) is 24.3 Å². The van der Waals surface area contributed by atoms with Crippen LogP contribution >= 0.6 is 12.2 Å². The number of anilines is 3. The molecule has 0 saturated carbocycles. The predicted molar refractivity (Wildman–Crippen MR) is 80.0 cm³/mol. The lowest BCUT2D eigenvalue weighted by Gasteiger charge is -2.30. The first-order valence-electron chi connectivity index (χ1n) is 5.94. The van der Waals surface area contributed by atoms with Crippen molar-refractivity contribution in [1.82, 2.24) is 9.97 Å². The summed E-state index contributed by atoms with van der Waals surface area (Å²) in [5.41, 5.74) is 7.65. The molecule has 0 bridgehead atoms. The van der Waals surface area contributed by atoms with Crippen LogP contribution in [-0.4, -0.2) is 27.4 Å². The molecule has 0 spiro atoms. The zero-order chi connectivity index (χ0) is 14.1. The molecule has 1 aromatic carbocycles. The van der Waals surface area contributed by atoms with Gasteiger partial charge in [0.05, 0.1) is 11.4 Å². The molecule has 2 heterocycles. The fourth-order valence-electron chi connectivity index (χ4n) is 2.12. The number of nitrogens with two attached hydrogens (primary N) is 1. The predicted octanol–water partition coefficient (Wildman–Crippen LogP) is 1.20. The summed E-state index contributed by atoms with van der Waals surface area (Å²) in [5.74, 6) is 0.366. The minimum Gasteiger partial charge on any atom is -0.388 e. The standard InChI is InChI=1S/C13H11N5OS/c14-12(20)11-13(16-6-5-15-11)18-7-10(19)17-8-3-1-2-4-9(8)18/h1-6H,7H2,(H2,14,20)(H,17,19). The van der Waals surface area contributed by atoms with E-state index < -0.39 is 0 Å². The SMILES string of the molecule is NC(=S)c1nccnc1N1CC(=O)Nc2ccccc21. The second-order valence-electron chi connectivity index (χ2n) is 4.24. The molecule has 1 aromatic heterocycles. The Balaban J connectivity index is 2.16. The van der Waals surface area contributed by atoms with Crippen molar-refractivity contribution in [3.8, 4) is 0 Å². The lowest BCUT2D eigenvalue weighted by molar-refractivity contribution is -0.115. The number of fused-ring (bicyclic) bond motifs is 1. The van der Waals surface area contributed by atoms with Crippen LogP contribution in [0.1, 0.15) is 5.69 Å². The molecule has 0 fully saturated rings. The minimum atomic E-state index is -0.122. The number of carbonyl (C=O) groups excluding carboxylic acids is 1. The number of rotatable bonds is 2. The highest BCUT2D eigenvalue weighted by molar-refractivity contribution is 7.80. The quantitative estimate of drug-likeness (QED) is 0.807. The molecule has 3 N–H and O–H groups in total. The van der Waals surface area contributed by atoms with Crippen molar-refractivity contribution in [3.05, 3.63) is 42.4 Å². The van der Waals surface area contributed by atoms with Crippen molar-refractivity contribution < 1.29 is 4.79 Å². The molecule has 1 amide bonds. The number of hydrogen-bond acceptors (Lipinski definition) is 5. The van der Waals surface area contributed by atoms with Crippen LogP contribution in [-0.2, 0) is 4.79 Å². The zero-order valence-electron chi connectivity index (χ0n) is 10.4. The molecule has 0 aliphatic carbocycles. The molecular formula is C13H11N5OS. The van der Waals surface area contributed by atoms with E-state index in [1.165, 1.54) is 6.20 Å². The summed E-state index contributed by atoms with van der Waals surface area (Å²) in [6.07, 6.45) is 3.07. The number of nitrogens with zero attached hydrogens (tertiary/aromatic N) is 3. The van der Waals surface area contributed by atoms with Gasteiger partial charge in [-0.05, 0) is 12.1 Å². The van der Waals surface area contributed by atoms with E-state index in [9.17, 15) is 4.79 Å². The van der Waals surface area contributed by atoms with Gasteiger partial charge in [0.1, 0.15) is 17.2 Å². The molecule has 100 valence electrons. The van der Waals surface area contributed by atoms with Gasteiger partial charge in [-0.3, -0.25) is 4.79 Å². The average molecular weight is 285 g/mol. The summed E-state index contributed by atoms with van der Waals surface area (Å²) in [6, 6.07) is 7.47. The summed E-state index contributed by atoms with van der Waals surface area (Å²) in [4.78, 5) is 22.2.